The number of hydrogen-bond donors (Lipinski definition) is 1. The normalized spacial score (nSPS) is 13.6. The summed E-state index contributed by atoms with van der Waals surface area (Å²) in [5.41, 5.74) is 0. The van der Waals surface area contributed by atoms with Gasteiger partial charge in [-0.1, -0.05) is 58.8 Å². The molecule has 6 heteroatoms. The molecule has 0 bridgehead atoms. The zero-order valence-electron chi connectivity index (χ0n) is 12.8. The molecular formula is C14H30O5S. The lowest BCUT2D eigenvalue weighted by Crippen LogP contribution is -2.22. The molecule has 1 N–H and O–H groups in total. The van der Waals surface area contributed by atoms with E-state index in [4.69, 9.17) is 9.29 Å². The minimum absolute atomic E-state index is 0.201. The summed E-state index contributed by atoms with van der Waals surface area (Å²) in [4.78, 5) is 0. The summed E-state index contributed by atoms with van der Waals surface area (Å²) in [6.45, 7) is 4.81. The van der Waals surface area contributed by atoms with E-state index in [9.17, 15) is 8.42 Å². The summed E-state index contributed by atoms with van der Waals surface area (Å²) < 4.78 is 39.5. The van der Waals surface area contributed by atoms with Gasteiger partial charge in [0.25, 0.3) is 0 Å². The zero-order chi connectivity index (χ0) is 15.3. The minimum atomic E-state index is -4.38. The highest BCUT2D eigenvalue weighted by Gasteiger charge is 2.15. The van der Waals surface area contributed by atoms with Gasteiger partial charge in [0.05, 0.1) is 6.61 Å². The first-order chi connectivity index (χ1) is 9.49. The van der Waals surface area contributed by atoms with Gasteiger partial charge >= 0.3 is 10.4 Å². The molecule has 0 aliphatic heterocycles. The lowest BCUT2D eigenvalue weighted by Gasteiger charge is -2.13. The van der Waals surface area contributed by atoms with Crippen molar-refractivity contribution in [1.29, 1.82) is 0 Å². The molecule has 1 unspecified atom stereocenters. The summed E-state index contributed by atoms with van der Waals surface area (Å²) >= 11 is 0. The average Bonchev–Trinajstić information content (AvgIpc) is 2.38. The Labute approximate surface area is 124 Å². The molecular weight excluding hydrogens is 280 g/mol. The second-order valence-electron chi connectivity index (χ2n) is 5.10. The van der Waals surface area contributed by atoms with Gasteiger partial charge in [0, 0.05) is 6.61 Å². The smallest absolute Gasteiger partial charge is 0.379 e. The molecule has 1 atom stereocenters. The van der Waals surface area contributed by atoms with Crippen molar-refractivity contribution < 1.29 is 21.9 Å². The lowest BCUT2D eigenvalue weighted by molar-refractivity contribution is 0.0437. The van der Waals surface area contributed by atoms with Gasteiger partial charge in [0.1, 0.15) is 6.10 Å². The zero-order valence-corrected chi connectivity index (χ0v) is 13.7. The molecule has 0 saturated heterocycles. The van der Waals surface area contributed by atoms with E-state index in [1.165, 1.54) is 38.5 Å². The Morgan fingerprint density at radius 2 is 1.50 bits per heavy atom. The summed E-state index contributed by atoms with van der Waals surface area (Å²) in [5, 5.41) is 0. The highest BCUT2D eigenvalue weighted by atomic mass is 32.3. The molecule has 0 saturated carbocycles. The van der Waals surface area contributed by atoms with E-state index in [2.05, 4.69) is 11.1 Å². The molecule has 0 radical (unpaired) electrons. The van der Waals surface area contributed by atoms with Crippen LogP contribution in [0.5, 0.6) is 0 Å². The van der Waals surface area contributed by atoms with Crippen molar-refractivity contribution in [3.8, 4) is 0 Å². The van der Waals surface area contributed by atoms with Gasteiger partial charge in [-0.05, 0) is 12.8 Å². The Morgan fingerprint density at radius 3 is 2.00 bits per heavy atom. The fraction of sp³-hybridized carbons (Fsp3) is 1.00. The molecule has 0 rings (SSSR count). The predicted octanol–water partition coefficient (Wildman–Crippen LogP) is 3.74. The lowest BCUT2D eigenvalue weighted by atomic mass is 10.1. The molecule has 20 heavy (non-hydrogen) atoms. The van der Waals surface area contributed by atoms with Crippen LogP contribution in [-0.4, -0.2) is 32.3 Å². The van der Waals surface area contributed by atoms with Gasteiger partial charge < -0.3 is 4.74 Å². The Bertz CT molecular complexity index is 303. The van der Waals surface area contributed by atoms with E-state index in [-0.39, 0.29) is 6.61 Å². The summed E-state index contributed by atoms with van der Waals surface area (Å²) in [7, 11) is -4.38. The molecule has 0 aromatic carbocycles. The topological polar surface area (TPSA) is 72.8 Å². The van der Waals surface area contributed by atoms with E-state index in [1.807, 2.05) is 0 Å². The predicted molar refractivity (Wildman–Crippen MR) is 80.1 cm³/mol. The largest absolute Gasteiger partial charge is 0.397 e. The van der Waals surface area contributed by atoms with Crippen LogP contribution in [0.2, 0.25) is 0 Å². The fourth-order valence-corrected chi connectivity index (χ4v) is 2.47. The Hall–Kier alpha value is -0.170. The SMILES string of the molecule is CCCCCCCCCCOCC(CC)OS(=O)(=O)O. The Kier molecular flexibility index (Phi) is 12.5. The third-order valence-corrected chi connectivity index (χ3v) is 3.67. The van der Waals surface area contributed by atoms with Crippen molar-refractivity contribution in [2.45, 2.75) is 77.7 Å². The van der Waals surface area contributed by atoms with Crippen LogP contribution in [-0.2, 0) is 19.3 Å². The second kappa shape index (κ2) is 12.6. The maximum absolute atomic E-state index is 10.6. The van der Waals surface area contributed by atoms with Crippen molar-refractivity contribution in [1.82, 2.24) is 0 Å². The molecule has 0 spiro atoms. The van der Waals surface area contributed by atoms with Crippen LogP contribution >= 0.6 is 0 Å². The molecule has 0 aromatic rings. The third kappa shape index (κ3) is 14.2. The van der Waals surface area contributed by atoms with E-state index in [0.29, 0.717) is 13.0 Å². The van der Waals surface area contributed by atoms with Crippen LogP contribution in [0, 0.1) is 0 Å². The summed E-state index contributed by atoms with van der Waals surface area (Å²) in [5.74, 6) is 0. The van der Waals surface area contributed by atoms with Crippen LogP contribution in [0.1, 0.15) is 71.6 Å². The number of hydrogen-bond acceptors (Lipinski definition) is 4. The third-order valence-electron chi connectivity index (χ3n) is 3.16. The van der Waals surface area contributed by atoms with Crippen molar-refractivity contribution in [2.75, 3.05) is 13.2 Å². The first kappa shape index (κ1) is 19.8. The van der Waals surface area contributed by atoms with Gasteiger partial charge in [-0.3, -0.25) is 4.55 Å². The maximum Gasteiger partial charge on any atom is 0.397 e. The van der Waals surface area contributed by atoms with Gasteiger partial charge in [-0.15, -0.1) is 0 Å². The number of rotatable bonds is 14. The molecule has 0 fully saturated rings. The van der Waals surface area contributed by atoms with Gasteiger partial charge in [-0.2, -0.15) is 8.42 Å². The maximum atomic E-state index is 10.6. The van der Waals surface area contributed by atoms with Gasteiger partial charge in [0.2, 0.25) is 0 Å². The monoisotopic (exact) mass is 310 g/mol. The Balaban J connectivity index is 3.38. The van der Waals surface area contributed by atoms with Crippen molar-refractivity contribution >= 4 is 10.4 Å². The highest BCUT2D eigenvalue weighted by Crippen LogP contribution is 2.09. The summed E-state index contributed by atoms with van der Waals surface area (Å²) in [6.07, 6.45) is 9.77. The van der Waals surface area contributed by atoms with E-state index >= 15 is 0 Å². The summed E-state index contributed by atoms with van der Waals surface area (Å²) in [6, 6.07) is 0. The van der Waals surface area contributed by atoms with Crippen LogP contribution in [0.25, 0.3) is 0 Å². The van der Waals surface area contributed by atoms with Gasteiger partial charge in [-0.25, -0.2) is 4.18 Å². The highest BCUT2D eigenvalue weighted by molar-refractivity contribution is 7.80. The first-order valence-corrected chi connectivity index (χ1v) is 9.09. The van der Waals surface area contributed by atoms with E-state index < -0.39 is 16.5 Å². The van der Waals surface area contributed by atoms with Crippen molar-refractivity contribution in [3.05, 3.63) is 0 Å². The van der Waals surface area contributed by atoms with E-state index in [1.54, 1.807) is 6.92 Å². The number of ether oxygens (including phenoxy) is 1. The number of unbranched alkanes of at least 4 members (excludes halogenated alkanes) is 7. The van der Waals surface area contributed by atoms with Crippen LogP contribution < -0.4 is 0 Å². The van der Waals surface area contributed by atoms with Crippen LogP contribution in [0.3, 0.4) is 0 Å². The molecule has 5 nitrogen and oxygen atoms in total. The average molecular weight is 310 g/mol. The van der Waals surface area contributed by atoms with Crippen molar-refractivity contribution in [2.24, 2.45) is 0 Å². The minimum Gasteiger partial charge on any atom is -0.379 e. The standard InChI is InChI=1S/C14H30O5S/c1-3-5-6-7-8-9-10-11-12-18-13-14(4-2)19-20(15,16)17/h14H,3-13H2,1-2H3,(H,15,16,17). The fourth-order valence-electron chi connectivity index (χ4n) is 1.94. The molecule has 0 aliphatic rings. The quantitative estimate of drug-likeness (QED) is 0.391. The first-order valence-electron chi connectivity index (χ1n) is 7.73. The van der Waals surface area contributed by atoms with Crippen molar-refractivity contribution in [3.63, 3.8) is 0 Å². The molecule has 0 aromatic heterocycles. The molecule has 0 heterocycles. The molecule has 122 valence electrons. The molecule has 0 amide bonds. The molecule has 0 aliphatic carbocycles. The van der Waals surface area contributed by atoms with Crippen LogP contribution in [0.15, 0.2) is 0 Å². The van der Waals surface area contributed by atoms with Gasteiger partial charge in [0.15, 0.2) is 0 Å². The Morgan fingerprint density at radius 1 is 0.950 bits per heavy atom. The second-order valence-corrected chi connectivity index (χ2v) is 6.15. The van der Waals surface area contributed by atoms with Crippen LogP contribution in [0.4, 0.5) is 0 Å². The van der Waals surface area contributed by atoms with E-state index in [0.717, 1.165) is 12.8 Å².